The molecule has 0 saturated carbocycles. The van der Waals surface area contributed by atoms with Gasteiger partial charge in [0.05, 0.1) is 17.8 Å². The number of amides is 1. The average molecular weight is 416 g/mol. The number of carbonyl (C=O) groups is 1. The van der Waals surface area contributed by atoms with E-state index in [9.17, 15) is 9.18 Å². The van der Waals surface area contributed by atoms with Gasteiger partial charge in [0.15, 0.2) is 0 Å². The molecule has 0 spiro atoms. The predicted molar refractivity (Wildman–Crippen MR) is 121 cm³/mol. The molecule has 2 heterocycles. The number of hydrogen-bond donors (Lipinski definition) is 0. The maximum Gasteiger partial charge on any atom is 0.228 e. The highest BCUT2D eigenvalue weighted by molar-refractivity contribution is 5.82. The van der Waals surface area contributed by atoms with Crippen LogP contribution in [0, 0.1) is 19.7 Å². The molecule has 1 amide bonds. The molecule has 2 aromatic carbocycles. The first-order chi connectivity index (χ1) is 15.0. The summed E-state index contributed by atoms with van der Waals surface area (Å²) in [4.78, 5) is 19.9. The van der Waals surface area contributed by atoms with Gasteiger partial charge in [-0.2, -0.15) is 0 Å². The first-order valence-corrected chi connectivity index (χ1v) is 10.5. The molecule has 2 aromatic heterocycles. The highest BCUT2D eigenvalue weighted by Crippen LogP contribution is 2.27. The Hall–Kier alpha value is -3.47. The van der Waals surface area contributed by atoms with Gasteiger partial charge in [-0.05, 0) is 61.7 Å². The number of imidazole rings is 1. The summed E-state index contributed by atoms with van der Waals surface area (Å²) in [6.07, 6.45) is 2.22. The molecule has 0 aliphatic heterocycles. The number of fused-ring (bicyclic) bond motifs is 1. The number of nitrogens with zero attached hydrogens (tertiary/aromatic N) is 3. The maximum absolute atomic E-state index is 13.9. The second kappa shape index (κ2) is 8.72. The normalized spacial score (nSPS) is 11.1. The number of aromatic nitrogens is 2. The fraction of sp³-hybridized carbons (Fsp3) is 0.231. The first-order valence-electron chi connectivity index (χ1n) is 10.5. The molecular formula is C26H26FN3O. The Morgan fingerprint density at radius 3 is 2.55 bits per heavy atom. The van der Waals surface area contributed by atoms with Gasteiger partial charge >= 0.3 is 0 Å². The fourth-order valence-electron chi connectivity index (χ4n) is 3.83. The number of halogens is 1. The van der Waals surface area contributed by atoms with Gasteiger partial charge in [0.25, 0.3) is 0 Å². The molecule has 0 saturated heterocycles. The van der Waals surface area contributed by atoms with E-state index in [1.807, 2.05) is 71.8 Å². The molecule has 0 aliphatic rings. The van der Waals surface area contributed by atoms with Crippen LogP contribution in [-0.4, -0.2) is 26.7 Å². The molecule has 4 aromatic rings. The fourth-order valence-corrected chi connectivity index (χ4v) is 3.83. The van der Waals surface area contributed by atoms with Gasteiger partial charge in [-0.3, -0.25) is 4.79 Å². The summed E-state index contributed by atoms with van der Waals surface area (Å²) < 4.78 is 15.8. The van der Waals surface area contributed by atoms with E-state index in [-0.39, 0.29) is 18.1 Å². The number of pyridine rings is 1. The second-order valence-corrected chi connectivity index (χ2v) is 7.88. The Labute approximate surface area is 182 Å². The van der Waals surface area contributed by atoms with E-state index in [2.05, 4.69) is 0 Å². The number of benzene rings is 2. The minimum Gasteiger partial charge on any atom is -0.338 e. The number of likely N-dealkylation sites (N-methyl/N-ethyl adjacent to an activating group) is 1. The number of rotatable bonds is 6. The molecule has 0 aliphatic carbocycles. The lowest BCUT2D eigenvalue weighted by Crippen LogP contribution is -2.32. The molecule has 5 heteroatoms. The minimum absolute atomic E-state index is 0.0368. The number of carbonyl (C=O) groups excluding carboxylic acids is 1. The Morgan fingerprint density at radius 2 is 1.84 bits per heavy atom. The molecule has 0 N–H and O–H groups in total. The van der Waals surface area contributed by atoms with Crippen LogP contribution < -0.4 is 0 Å². The summed E-state index contributed by atoms with van der Waals surface area (Å²) >= 11 is 0. The lowest BCUT2D eigenvalue weighted by molar-refractivity contribution is -0.130. The third-order valence-electron chi connectivity index (χ3n) is 5.57. The van der Waals surface area contributed by atoms with Crippen molar-refractivity contribution in [2.75, 3.05) is 6.54 Å². The Morgan fingerprint density at radius 1 is 1.06 bits per heavy atom. The SMILES string of the molecule is CCN(Cc1ccccc1)C(=O)Cc1c(-c2ccc(F)c(C)c2)nc2ccc(C)cn12. The van der Waals surface area contributed by atoms with E-state index in [1.54, 1.807) is 19.1 Å². The number of aryl methyl sites for hydroxylation is 2. The smallest absolute Gasteiger partial charge is 0.228 e. The first kappa shape index (κ1) is 20.8. The van der Waals surface area contributed by atoms with E-state index in [0.29, 0.717) is 18.7 Å². The Kier molecular flexibility index (Phi) is 5.85. The second-order valence-electron chi connectivity index (χ2n) is 7.88. The summed E-state index contributed by atoms with van der Waals surface area (Å²) in [5, 5.41) is 0. The molecule has 4 rings (SSSR count). The predicted octanol–water partition coefficient (Wildman–Crippen LogP) is 5.35. The van der Waals surface area contributed by atoms with Gasteiger partial charge in [0.1, 0.15) is 11.5 Å². The van der Waals surface area contributed by atoms with Crippen molar-refractivity contribution in [2.24, 2.45) is 0 Å². The van der Waals surface area contributed by atoms with Crippen molar-refractivity contribution < 1.29 is 9.18 Å². The summed E-state index contributed by atoms with van der Waals surface area (Å²) in [6.45, 7) is 6.93. The molecule has 0 bridgehead atoms. The van der Waals surface area contributed by atoms with Gasteiger partial charge in [-0.1, -0.05) is 36.4 Å². The lowest BCUT2D eigenvalue weighted by Gasteiger charge is -2.21. The van der Waals surface area contributed by atoms with Gasteiger partial charge < -0.3 is 9.30 Å². The minimum atomic E-state index is -0.249. The summed E-state index contributed by atoms with van der Waals surface area (Å²) in [7, 11) is 0. The lowest BCUT2D eigenvalue weighted by atomic mass is 10.0. The zero-order chi connectivity index (χ0) is 22.0. The molecule has 4 nitrogen and oxygen atoms in total. The topological polar surface area (TPSA) is 37.6 Å². The van der Waals surface area contributed by atoms with Crippen LogP contribution in [0.2, 0.25) is 0 Å². The third-order valence-corrected chi connectivity index (χ3v) is 5.57. The van der Waals surface area contributed by atoms with Crippen LogP contribution in [0.5, 0.6) is 0 Å². The van der Waals surface area contributed by atoms with E-state index in [4.69, 9.17) is 4.98 Å². The van der Waals surface area contributed by atoms with Crippen molar-refractivity contribution >= 4 is 11.6 Å². The highest BCUT2D eigenvalue weighted by atomic mass is 19.1. The van der Waals surface area contributed by atoms with Crippen LogP contribution in [0.25, 0.3) is 16.9 Å². The Balaban J connectivity index is 1.73. The molecule has 158 valence electrons. The van der Waals surface area contributed by atoms with Crippen molar-refractivity contribution in [3.63, 3.8) is 0 Å². The average Bonchev–Trinajstić information content (AvgIpc) is 3.12. The van der Waals surface area contributed by atoms with Crippen LogP contribution in [-0.2, 0) is 17.8 Å². The molecular weight excluding hydrogens is 389 g/mol. The van der Waals surface area contributed by atoms with Crippen molar-refractivity contribution in [2.45, 2.75) is 33.7 Å². The van der Waals surface area contributed by atoms with Gasteiger partial charge in [0.2, 0.25) is 5.91 Å². The van der Waals surface area contributed by atoms with Crippen LogP contribution >= 0.6 is 0 Å². The third kappa shape index (κ3) is 4.36. The van der Waals surface area contributed by atoms with Gasteiger partial charge in [-0.25, -0.2) is 9.37 Å². The zero-order valence-corrected chi connectivity index (χ0v) is 18.1. The number of hydrogen-bond acceptors (Lipinski definition) is 2. The molecule has 31 heavy (non-hydrogen) atoms. The Bertz CT molecular complexity index is 1230. The van der Waals surface area contributed by atoms with Crippen molar-refractivity contribution in [3.8, 4) is 11.3 Å². The van der Waals surface area contributed by atoms with Gasteiger partial charge in [-0.15, -0.1) is 0 Å². The molecule has 0 fully saturated rings. The summed E-state index contributed by atoms with van der Waals surface area (Å²) in [5.74, 6) is -0.212. The zero-order valence-electron chi connectivity index (χ0n) is 18.1. The summed E-state index contributed by atoms with van der Waals surface area (Å²) in [6, 6.07) is 18.9. The van der Waals surface area contributed by atoms with Crippen LogP contribution in [0.3, 0.4) is 0 Å². The van der Waals surface area contributed by atoms with Crippen molar-refractivity contribution in [1.82, 2.24) is 14.3 Å². The van der Waals surface area contributed by atoms with Gasteiger partial charge in [0, 0.05) is 24.8 Å². The van der Waals surface area contributed by atoms with Crippen molar-refractivity contribution in [1.29, 1.82) is 0 Å². The largest absolute Gasteiger partial charge is 0.338 e. The van der Waals surface area contributed by atoms with Crippen molar-refractivity contribution in [3.05, 3.63) is 95.1 Å². The van der Waals surface area contributed by atoms with E-state index < -0.39 is 0 Å². The van der Waals surface area contributed by atoms with Crippen LogP contribution in [0.1, 0.15) is 29.3 Å². The van der Waals surface area contributed by atoms with Crippen LogP contribution in [0.15, 0.2) is 66.9 Å². The van der Waals surface area contributed by atoms with E-state index in [1.165, 1.54) is 6.07 Å². The highest BCUT2D eigenvalue weighted by Gasteiger charge is 2.21. The molecule has 0 unspecified atom stereocenters. The molecule has 0 radical (unpaired) electrons. The van der Waals surface area contributed by atoms with E-state index in [0.717, 1.165) is 33.7 Å². The van der Waals surface area contributed by atoms with Crippen LogP contribution in [0.4, 0.5) is 4.39 Å². The quantitative estimate of drug-likeness (QED) is 0.426. The molecule has 0 atom stereocenters. The monoisotopic (exact) mass is 415 g/mol. The maximum atomic E-state index is 13.9. The summed E-state index contributed by atoms with van der Waals surface area (Å²) in [5.41, 5.74) is 5.87. The van der Waals surface area contributed by atoms with E-state index >= 15 is 0 Å². The standard InChI is InChI=1S/C26H26FN3O/c1-4-29(17-20-8-6-5-7-9-20)25(31)15-23-26(21-11-12-22(27)19(3)14-21)28-24-13-10-18(2)16-30(23)24/h5-14,16H,4,15,17H2,1-3H3.